The van der Waals surface area contributed by atoms with Crippen LogP contribution in [0.4, 0.5) is 0 Å². The number of rotatable bonds is 3. The Hall–Kier alpha value is -1.94. The summed E-state index contributed by atoms with van der Waals surface area (Å²) in [5, 5.41) is 0. The van der Waals surface area contributed by atoms with Gasteiger partial charge in [0.25, 0.3) is 0 Å². The van der Waals surface area contributed by atoms with E-state index in [1.54, 1.807) is 14.2 Å². The third-order valence-electron chi connectivity index (χ3n) is 5.76. The van der Waals surface area contributed by atoms with Crippen LogP contribution in [-0.4, -0.2) is 38.8 Å². The van der Waals surface area contributed by atoms with Crippen molar-refractivity contribution in [3.63, 3.8) is 0 Å². The molecule has 23 heavy (non-hydrogen) atoms. The lowest BCUT2D eigenvalue weighted by atomic mass is 9.66. The maximum absolute atomic E-state index is 5.70. The predicted octanol–water partition coefficient (Wildman–Crippen LogP) is 3.04. The molecule has 0 bridgehead atoms. The van der Waals surface area contributed by atoms with Gasteiger partial charge in [0, 0.05) is 17.9 Å². The molecule has 0 radical (unpaired) electrons. The van der Waals surface area contributed by atoms with Gasteiger partial charge in [0.15, 0.2) is 11.5 Å². The number of likely N-dealkylation sites (N-methyl/N-ethyl adjacent to an activating group) is 1. The van der Waals surface area contributed by atoms with Crippen molar-refractivity contribution in [2.75, 3.05) is 27.8 Å². The lowest BCUT2D eigenvalue weighted by Gasteiger charge is -2.41. The number of methoxy groups -OCH3 is 2. The number of furan rings is 1. The number of hydrogen-bond donors (Lipinski definition) is 0. The number of fused-ring (bicyclic) bond motifs is 2. The van der Waals surface area contributed by atoms with E-state index in [1.807, 2.05) is 12.3 Å². The van der Waals surface area contributed by atoms with E-state index in [0.29, 0.717) is 6.04 Å². The topological polar surface area (TPSA) is 34.8 Å². The first kappa shape index (κ1) is 14.6. The Morgan fingerprint density at radius 1 is 1.17 bits per heavy atom. The van der Waals surface area contributed by atoms with Crippen LogP contribution in [-0.2, 0) is 18.3 Å². The maximum Gasteiger partial charge on any atom is 0.161 e. The molecule has 4 nitrogen and oxygen atoms in total. The summed E-state index contributed by atoms with van der Waals surface area (Å²) in [5.74, 6) is 2.75. The van der Waals surface area contributed by atoms with Gasteiger partial charge in [-0.05, 0) is 55.8 Å². The van der Waals surface area contributed by atoms with Gasteiger partial charge in [-0.15, -0.1) is 0 Å². The minimum atomic E-state index is 0.130. The first-order valence-corrected chi connectivity index (χ1v) is 8.16. The number of ether oxygens (including phenoxy) is 2. The van der Waals surface area contributed by atoms with Crippen molar-refractivity contribution >= 4 is 0 Å². The fraction of sp³-hybridized carbons (Fsp3) is 0.474. The fourth-order valence-electron chi connectivity index (χ4n) is 4.48. The molecule has 1 aromatic carbocycles. The summed E-state index contributed by atoms with van der Waals surface area (Å²) in [6.45, 7) is 1.11. The molecule has 1 saturated heterocycles. The highest BCUT2D eigenvalue weighted by atomic mass is 16.5. The zero-order valence-electron chi connectivity index (χ0n) is 14.0. The van der Waals surface area contributed by atoms with Crippen molar-refractivity contribution < 1.29 is 13.9 Å². The van der Waals surface area contributed by atoms with Crippen LogP contribution in [0.1, 0.15) is 23.3 Å². The summed E-state index contributed by atoms with van der Waals surface area (Å²) in [6, 6.07) is 9.00. The van der Waals surface area contributed by atoms with Gasteiger partial charge in [0.05, 0.1) is 20.5 Å². The van der Waals surface area contributed by atoms with Crippen LogP contribution in [0.3, 0.4) is 0 Å². The molecular weight excluding hydrogens is 290 g/mol. The summed E-state index contributed by atoms with van der Waals surface area (Å²) in [7, 11) is 5.61. The molecule has 0 saturated carbocycles. The van der Waals surface area contributed by atoms with E-state index in [2.05, 4.69) is 30.1 Å². The first-order valence-electron chi connectivity index (χ1n) is 8.16. The number of nitrogens with zero attached hydrogens (tertiary/aromatic N) is 1. The molecule has 2 aliphatic rings. The summed E-state index contributed by atoms with van der Waals surface area (Å²) in [4.78, 5) is 2.47. The summed E-state index contributed by atoms with van der Waals surface area (Å²) < 4.78 is 16.6. The van der Waals surface area contributed by atoms with Crippen molar-refractivity contribution in [3.05, 3.63) is 47.4 Å². The summed E-state index contributed by atoms with van der Waals surface area (Å²) >= 11 is 0. The molecule has 1 fully saturated rings. The predicted molar refractivity (Wildman–Crippen MR) is 88.4 cm³/mol. The van der Waals surface area contributed by atoms with Crippen molar-refractivity contribution in [3.8, 4) is 11.5 Å². The molecule has 1 aliphatic carbocycles. The van der Waals surface area contributed by atoms with Crippen LogP contribution < -0.4 is 9.47 Å². The second-order valence-corrected chi connectivity index (χ2v) is 6.72. The smallest absolute Gasteiger partial charge is 0.161 e. The first-order chi connectivity index (χ1) is 11.2. The summed E-state index contributed by atoms with van der Waals surface area (Å²) in [5.41, 5.74) is 2.83. The largest absolute Gasteiger partial charge is 0.493 e. The second-order valence-electron chi connectivity index (χ2n) is 6.72. The molecule has 1 aromatic heterocycles. The van der Waals surface area contributed by atoms with Gasteiger partial charge in [0.1, 0.15) is 5.76 Å². The molecule has 2 heterocycles. The number of likely N-dealkylation sites (tertiary alicyclic amines) is 1. The van der Waals surface area contributed by atoms with E-state index in [0.717, 1.165) is 43.1 Å². The Morgan fingerprint density at radius 3 is 2.78 bits per heavy atom. The third-order valence-corrected chi connectivity index (χ3v) is 5.76. The van der Waals surface area contributed by atoms with Crippen LogP contribution in [0.5, 0.6) is 11.5 Å². The Kier molecular flexibility index (Phi) is 3.38. The molecule has 4 heteroatoms. The van der Waals surface area contributed by atoms with E-state index in [1.165, 1.54) is 11.1 Å². The van der Waals surface area contributed by atoms with Gasteiger partial charge in [0.2, 0.25) is 0 Å². The lowest BCUT2D eigenvalue weighted by Crippen LogP contribution is -2.47. The van der Waals surface area contributed by atoms with Crippen molar-refractivity contribution in [1.29, 1.82) is 0 Å². The van der Waals surface area contributed by atoms with Gasteiger partial charge >= 0.3 is 0 Å². The molecule has 4 rings (SSSR count). The van der Waals surface area contributed by atoms with Gasteiger partial charge in [-0.1, -0.05) is 6.07 Å². The molecular formula is C19H23NO3. The van der Waals surface area contributed by atoms with Crippen LogP contribution >= 0.6 is 0 Å². The van der Waals surface area contributed by atoms with Gasteiger partial charge in [-0.3, -0.25) is 0 Å². The quantitative estimate of drug-likeness (QED) is 0.872. The van der Waals surface area contributed by atoms with Gasteiger partial charge < -0.3 is 18.8 Å². The summed E-state index contributed by atoms with van der Waals surface area (Å²) in [6.07, 6.45) is 5.00. The zero-order valence-corrected chi connectivity index (χ0v) is 14.0. The SMILES string of the molecule is COc1ccc([C@]23CCN(C)[C@H]2Cc2occc2C3)cc1OC. The van der Waals surface area contributed by atoms with E-state index in [9.17, 15) is 0 Å². The molecule has 2 aromatic rings. The molecule has 1 aliphatic heterocycles. The number of hydrogen-bond acceptors (Lipinski definition) is 4. The average molecular weight is 313 g/mol. The highest BCUT2D eigenvalue weighted by molar-refractivity contribution is 5.48. The van der Waals surface area contributed by atoms with Crippen LogP contribution in [0.2, 0.25) is 0 Å². The second kappa shape index (κ2) is 5.31. The van der Waals surface area contributed by atoms with Gasteiger partial charge in [-0.25, -0.2) is 0 Å². The minimum absolute atomic E-state index is 0.130. The van der Waals surface area contributed by atoms with E-state index < -0.39 is 0 Å². The van der Waals surface area contributed by atoms with Crippen LogP contribution in [0.25, 0.3) is 0 Å². The van der Waals surface area contributed by atoms with Crippen LogP contribution in [0.15, 0.2) is 34.9 Å². The molecule has 122 valence electrons. The fourth-order valence-corrected chi connectivity index (χ4v) is 4.48. The lowest BCUT2D eigenvalue weighted by molar-refractivity contribution is 0.213. The van der Waals surface area contributed by atoms with Gasteiger partial charge in [-0.2, -0.15) is 0 Å². The van der Waals surface area contributed by atoms with E-state index in [4.69, 9.17) is 13.9 Å². The third kappa shape index (κ3) is 2.08. The van der Waals surface area contributed by atoms with Crippen LogP contribution in [0, 0.1) is 0 Å². The minimum Gasteiger partial charge on any atom is -0.493 e. The van der Waals surface area contributed by atoms with Crippen molar-refractivity contribution in [1.82, 2.24) is 4.90 Å². The zero-order chi connectivity index (χ0) is 16.0. The van der Waals surface area contributed by atoms with E-state index >= 15 is 0 Å². The Balaban J connectivity index is 1.82. The van der Waals surface area contributed by atoms with E-state index in [-0.39, 0.29) is 5.41 Å². The monoisotopic (exact) mass is 313 g/mol. The molecule has 2 atom stereocenters. The number of benzene rings is 1. The molecule has 0 N–H and O–H groups in total. The average Bonchev–Trinajstić information content (AvgIpc) is 3.17. The Bertz CT molecular complexity index is 723. The molecule has 0 unspecified atom stereocenters. The Morgan fingerprint density at radius 2 is 2.00 bits per heavy atom. The normalized spacial score (nSPS) is 26.7. The highest BCUT2D eigenvalue weighted by Crippen LogP contribution is 2.48. The Labute approximate surface area is 137 Å². The molecule has 0 amide bonds. The highest BCUT2D eigenvalue weighted by Gasteiger charge is 2.50. The maximum atomic E-state index is 5.70. The van der Waals surface area contributed by atoms with Crippen molar-refractivity contribution in [2.24, 2.45) is 0 Å². The van der Waals surface area contributed by atoms with Crippen molar-refractivity contribution in [2.45, 2.75) is 30.7 Å². The molecule has 0 spiro atoms. The standard InChI is InChI=1S/C19H23NO3/c1-20-8-7-19(12-13-6-9-23-16(13)11-18(19)20)14-4-5-15(21-2)17(10-14)22-3/h4-6,9-10,18H,7-8,11-12H2,1-3H3/t18-,19+/m0/s1.